The molecule has 0 bridgehead atoms. The summed E-state index contributed by atoms with van der Waals surface area (Å²) in [5, 5.41) is 3.76. The Kier molecular flexibility index (Phi) is 4.30. The molecule has 1 aromatic carbocycles. The largest absolute Gasteiger partial charge is 0.416 e. The highest BCUT2D eigenvalue weighted by Crippen LogP contribution is 2.31. The van der Waals surface area contributed by atoms with Crippen LogP contribution in [0.1, 0.15) is 16.9 Å². The van der Waals surface area contributed by atoms with E-state index in [1.54, 1.807) is 12.3 Å². The van der Waals surface area contributed by atoms with Crippen LogP contribution >= 0.6 is 0 Å². The molecule has 0 N–H and O–H groups in total. The lowest BCUT2D eigenvalue weighted by atomic mass is 10.1. The van der Waals surface area contributed by atoms with E-state index in [-0.39, 0.29) is 0 Å². The molecule has 23 heavy (non-hydrogen) atoms. The molecule has 1 aliphatic rings. The van der Waals surface area contributed by atoms with E-state index in [4.69, 9.17) is 4.52 Å². The number of hydrogen-bond donors (Lipinski definition) is 0. The van der Waals surface area contributed by atoms with Crippen LogP contribution in [0.25, 0.3) is 0 Å². The number of benzene rings is 1. The zero-order valence-corrected chi connectivity index (χ0v) is 12.8. The van der Waals surface area contributed by atoms with Gasteiger partial charge >= 0.3 is 6.18 Å². The topological polar surface area (TPSA) is 32.5 Å². The number of piperazine rings is 1. The Hall–Kier alpha value is -2.02. The van der Waals surface area contributed by atoms with Crippen molar-refractivity contribution in [1.82, 2.24) is 10.1 Å². The Morgan fingerprint density at radius 2 is 1.91 bits per heavy atom. The zero-order chi connectivity index (χ0) is 16.4. The highest BCUT2D eigenvalue weighted by Gasteiger charge is 2.31. The average molecular weight is 325 g/mol. The highest BCUT2D eigenvalue weighted by molar-refractivity contribution is 5.49. The molecular formula is C16H18F3N3O. The molecule has 1 aromatic heterocycles. The van der Waals surface area contributed by atoms with Crippen molar-refractivity contribution in [2.75, 3.05) is 31.1 Å². The van der Waals surface area contributed by atoms with Gasteiger partial charge in [0.25, 0.3) is 0 Å². The van der Waals surface area contributed by atoms with Gasteiger partial charge in [0.15, 0.2) is 0 Å². The molecule has 0 spiro atoms. The predicted octanol–water partition coefficient (Wildman–Crippen LogP) is 3.32. The lowest BCUT2D eigenvalue weighted by molar-refractivity contribution is -0.137. The maximum atomic E-state index is 12.8. The molecule has 0 aliphatic carbocycles. The number of hydrogen-bond acceptors (Lipinski definition) is 4. The second-order valence-corrected chi connectivity index (χ2v) is 5.72. The van der Waals surface area contributed by atoms with Gasteiger partial charge in [-0.05, 0) is 25.1 Å². The monoisotopic (exact) mass is 325 g/mol. The molecule has 0 amide bonds. The SMILES string of the molecule is Cc1oncc1CN1CCN(c2cccc(C(F)(F)F)c2)CC1. The van der Waals surface area contributed by atoms with Crippen LogP contribution in [0.4, 0.5) is 18.9 Å². The van der Waals surface area contributed by atoms with Crippen LogP contribution in [0.3, 0.4) is 0 Å². The molecule has 0 saturated carbocycles. The lowest BCUT2D eigenvalue weighted by Gasteiger charge is -2.36. The normalized spacial score (nSPS) is 16.8. The van der Waals surface area contributed by atoms with Gasteiger partial charge in [-0.3, -0.25) is 4.90 Å². The zero-order valence-electron chi connectivity index (χ0n) is 12.8. The predicted molar refractivity (Wildman–Crippen MR) is 80.2 cm³/mol. The van der Waals surface area contributed by atoms with Crippen molar-refractivity contribution in [3.63, 3.8) is 0 Å². The number of anilines is 1. The van der Waals surface area contributed by atoms with Crippen LogP contribution in [-0.4, -0.2) is 36.2 Å². The van der Waals surface area contributed by atoms with E-state index in [0.29, 0.717) is 18.8 Å². The van der Waals surface area contributed by atoms with Gasteiger partial charge in [-0.2, -0.15) is 13.2 Å². The van der Waals surface area contributed by atoms with Gasteiger partial charge in [-0.25, -0.2) is 0 Å². The van der Waals surface area contributed by atoms with Gasteiger partial charge in [0.1, 0.15) is 5.76 Å². The first kappa shape index (κ1) is 15.9. The minimum atomic E-state index is -4.30. The number of nitrogens with zero attached hydrogens (tertiary/aromatic N) is 3. The summed E-state index contributed by atoms with van der Waals surface area (Å²) in [6.45, 7) is 5.62. The fraction of sp³-hybridized carbons (Fsp3) is 0.438. The van der Waals surface area contributed by atoms with Crippen LogP contribution in [0.2, 0.25) is 0 Å². The summed E-state index contributed by atoms with van der Waals surface area (Å²) in [6, 6.07) is 5.52. The Morgan fingerprint density at radius 3 is 2.52 bits per heavy atom. The number of alkyl halides is 3. The third-order valence-electron chi connectivity index (χ3n) is 4.16. The molecular weight excluding hydrogens is 307 g/mol. The summed E-state index contributed by atoms with van der Waals surface area (Å²) in [6.07, 6.45) is -2.59. The summed E-state index contributed by atoms with van der Waals surface area (Å²) in [7, 11) is 0. The van der Waals surface area contributed by atoms with E-state index < -0.39 is 11.7 Å². The third kappa shape index (κ3) is 3.67. The minimum Gasteiger partial charge on any atom is -0.369 e. The van der Waals surface area contributed by atoms with Crippen molar-refractivity contribution < 1.29 is 17.7 Å². The molecule has 7 heteroatoms. The third-order valence-corrected chi connectivity index (χ3v) is 4.16. The Bertz CT molecular complexity index is 661. The van der Waals surface area contributed by atoms with Gasteiger partial charge in [0, 0.05) is 44.0 Å². The summed E-state index contributed by atoms with van der Waals surface area (Å²) >= 11 is 0. The first-order valence-corrected chi connectivity index (χ1v) is 7.48. The number of halogens is 3. The molecule has 0 unspecified atom stereocenters. The van der Waals surface area contributed by atoms with Gasteiger partial charge in [0.05, 0.1) is 11.8 Å². The van der Waals surface area contributed by atoms with Gasteiger partial charge in [-0.1, -0.05) is 11.2 Å². The fourth-order valence-corrected chi connectivity index (χ4v) is 2.75. The van der Waals surface area contributed by atoms with Gasteiger partial charge < -0.3 is 9.42 Å². The van der Waals surface area contributed by atoms with Crippen LogP contribution in [0.5, 0.6) is 0 Å². The van der Waals surface area contributed by atoms with E-state index in [2.05, 4.69) is 10.1 Å². The summed E-state index contributed by atoms with van der Waals surface area (Å²) in [5.74, 6) is 0.810. The average Bonchev–Trinajstić information content (AvgIpc) is 2.92. The highest BCUT2D eigenvalue weighted by atomic mass is 19.4. The van der Waals surface area contributed by atoms with E-state index in [1.807, 2.05) is 11.8 Å². The Morgan fingerprint density at radius 1 is 1.17 bits per heavy atom. The standard InChI is InChI=1S/C16H18F3N3O/c1-12-13(10-20-23-12)11-21-5-7-22(8-6-21)15-4-2-3-14(9-15)16(17,18)19/h2-4,9-10H,5-8,11H2,1H3. The lowest BCUT2D eigenvalue weighted by Crippen LogP contribution is -2.46. The van der Waals surface area contributed by atoms with E-state index in [1.165, 1.54) is 12.1 Å². The molecule has 1 saturated heterocycles. The molecule has 2 heterocycles. The molecule has 1 aliphatic heterocycles. The van der Waals surface area contributed by atoms with Crippen molar-refractivity contribution in [3.05, 3.63) is 47.3 Å². The maximum absolute atomic E-state index is 12.8. The van der Waals surface area contributed by atoms with Crippen molar-refractivity contribution in [3.8, 4) is 0 Å². The Labute approximate surface area is 132 Å². The molecule has 4 nitrogen and oxygen atoms in total. The van der Waals surface area contributed by atoms with E-state index >= 15 is 0 Å². The number of aromatic nitrogens is 1. The number of aryl methyl sites for hydroxylation is 1. The van der Waals surface area contributed by atoms with Gasteiger partial charge in [0.2, 0.25) is 0 Å². The molecule has 124 valence electrons. The molecule has 3 rings (SSSR count). The van der Waals surface area contributed by atoms with Crippen molar-refractivity contribution in [2.24, 2.45) is 0 Å². The van der Waals surface area contributed by atoms with Crippen LogP contribution in [-0.2, 0) is 12.7 Å². The summed E-state index contributed by atoms with van der Waals surface area (Å²) < 4.78 is 43.5. The first-order chi connectivity index (χ1) is 10.9. The van der Waals surface area contributed by atoms with Crippen molar-refractivity contribution >= 4 is 5.69 Å². The summed E-state index contributed by atoms with van der Waals surface area (Å²) in [4.78, 5) is 4.25. The molecule has 0 atom stereocenters. The fourth-order valence-electron chi connectivity index (χ4n) is 2.75. The van der Waals surface area contributed by atoms with Gasteiger partial charge in [-0.15, -0.1) is 0 Å². The van der Waals surface area contributed by atoms with E-state index in [9.17, 15) is 13.2 Å². The summed E-state index contributed by atoms with van der Waals surface area (Å²) in [5.41, 5.74) is 1.08. The van der Waals surface area contributed by atoms with Crippen LogP contribution < -0.4 is 4.90 Å². The maximum Gasteiger partial charge on any atom is 0.416 e. The minimum absolute atomic E-state index is 0.600. The Balaban J connectivity index is 1.62. The quantitative estimate of drug-likeness (QED) is 0.866. The van der Waals surface area contributed by atoms with Crippen LogP contribution in [0.15, 0.2) is 35.0 Å². The number of rotatable bonds is 3. The molecule has 1 fully saturated rings. The second kappa shape index (κ2) is 6.23. The van der Waals surface area contributed by atoms with E-state index in [0.717, 1.165) is 37.0 Å². The van der Waals surface area contributed by atoms with Crippen molar-refractivity contribution in [1.29, 1.82) is 0 Å². The van der Waals surface area contributed by atoms with Crippen LogP contribution in [0, 0.1) is 6.92 Å². The molecule has 0 radical (unpaired) electrons. The smallest absolute Gasteiger partial charge is 0.369 e. The molecule has 2 aromatic rings. The second-order valence-electron chi connectivity index (χ2n) is 5.72. The first-order valence-electron chi connectivity index (χ1n) is 7.48. The van der Waals surface area contributed by atoms with Crippen molar-refractivity contribution in [2.45, 2.75) is 19.6 Å².